The summed E-state index contributed by atoms with van der Waals surface area (Å²) < 4.78 is 0. The molecule has 31 heavy (non-hydrogen) atoms. The second-order valence-corrected chi connectivity index (χ2v) is 8.21. The summed E-state index contributed by atoms with van der Waals surface area (Å²) in [6.07, 6.45) is 0. The molecule has 3 rings (SSSR count). The van der Waals surface area contributed by atoms with Gasteiger partial charge in [0.2, 0.25) is 0 Å². The Morgan fingerprint density at radius 3 is 1.81 bits per heavy atom. The zero-order chi connectivity index (χ0) is 22.4. The van der Waals surface area contributed by atoms with Crippen molar-refractivity contribution in [3.05, 3.63) is 82.7 Å². The Hall–Kier alpha value is -3.39. The van der Waals surface area contributed by atoms with Crippen LogP contribution in [-0.2, 0) is 5.75 Å². The van der Waals surface area contributed by atoms with Crippen LogP contribution in [0.25, 0.3) is 0 Å². The Morgan fingerprint density at radius 2 is 1.32 bits per heavy atom. The van der Waals surface area contributed by atoms with Gasteiger partial charge in [0.25, 0.3) is 11.8 Å². The molecule has 3 aromatic rings. The van der Waals surface area contributed by atoms with Crippen molar-refractivity contribution < 1.29 is 9.59 Å². The van der Waals surface area contributed by atoms with Crippen LogP contribution in [0.15, 0.2) is 59.8 Å². The number of thioether (sulfide) groups is 1. The van der Waals surface area contributed by atoms with Crippen molar-refractivity contribution in [3.8, 4) is 0 Å². The fourth-order valence-corrected chi connectivity index (χ4v) is 3.73. The summed E-state index contributed by atoms with van der Waals surface area (Å²) in [7, 11) is 3.85. The Bertz CT molecular complexity index is 1050. The lowest BCUT2D eigenvalue weighted by Gasteiger charge is -2.13. The number of rotatable bonds is 6. The summed E-state index contributed by atoms with van der Waals surface area (Å²) in [5.74, 6) is -0.0555. The average Bonchev–Trinajstić information content (AvgIpc) is 2.75. The van der Waals surface area contributed by atoms with Crippen LogP contribution >= 0.6 is 11.8 Å². The molecule has 0 bridgehead atoms. The quantitative estimate of drug-likeness (QED) is 0.350. The fraction of sp³-hybridized carbons (Fsp3) is 0.217. The first-order valence-corrected chi connectivity index (χ1v) is 10.7. The highest BCUT2D eigenvalue weighted by Crippen LogP contribution is 2.20. The molecular formula is C23H25N5O2S. The second kappa shape index (κ2) is 10.1. The molecule has 0 aliphatic heterocycles. The average molecular weight is 436 g/mol. The Kier molecular flexibility index (Phi) is 7.25. The molecule has 0 radical (unpaired) electrons. The summed E-state index contributed by atoms with van der Waals surface area (Å²) in [5, 5.41) is 0.737. The summed E-state index contributed by atoms with van der Waals surface area (Å²) in [6, 6.07) is 16.3. The highest BCUT2D eigenvalue weighted by atomic mass is 32.2. The van der Waals surface area contributed by atoms with E-state index in [1.807, 2.05) is 63.2 Å². The van der Waals surface area contributed by atoms with Gasteiger partial charge in [-0.15, -0.1) is 0 Å². The van der Waals surface area contributed by atoms with Gasteiger partial charge in [-0.25, -0.2) is 9.97 Å². The lowest BCUT2D eigenvalue weighted by molar-refractivity contribution is 0.0846. The van der Waals surface area contributed by atoms with Crippen LogP contribution in [0.5, 0.6) is 0 Å². The topological polar surface area (TPSA) is 87.2 Å². The maximum atomic E-state index is 12.3. The summed E-state index contributed by atoms with van der Waals surface area (Å²) in [6.45, 7) is 3.90. The third-order valence-corrected chi connectivity index (χ3v) is 5.40. The van der Waals surface area contributed by atoms with E-state index < -0.39 is 0 Å². The van der Waals surface area contributed by atoms with Crippen LogP contribution in [0.4, 0.5) is 5.69 Å². The van der Waals surface area contributed by atoms with Crippen LogP contribution in [0.1, 0.15) is 37.7 Å². The number of hydrogen-bond donors (Lipinski definition) is 2. The third kappa shape index (κ3) is 6.29. The van der Waals surface area contributed by atoms with Crippen LogP contribution < -0.4 is 15.8 Å². The van der Waals surface area contributed by atoms with Crippen LogP contribution in [0.2, 0.25) is 0 Å². The molecule has 0 atom stereocenters. The first-order chi connectivity index (χ1) is 14.8. The highest BCUT2D eigenvalue weighted by molar-refractivity contribution is 7.98. The van der Waals surface area contributed by atoms with E-state index in [-0.39, 0.29) is 11.8 Å². The number of benzene rings is 2. The van der Waals surface area contributed by atoms with Crippen molar-refractivity contribution >= 4 is 29.3 Å². The molecule has 1 heterocycles. The summed E-state index contributed by atoms with van der Waals surface area (Å²) in [4.78, 5) is 35.3. The zero-order valence-electron chi connectivity index (χ0n) is 18.0. The van der Waals surface area contributed by atoms with Gasteiger partial charge >= 0.3 is 0 Å². The molecule has 0 aliphatic rings. The minimum atomic E-state index is -0.380. The molecule has 160 valence electrons. The van der Waals surface area contributed by atoms with E-state index in [1.54, 1.807) is 36.0 Å². The molecule has 2 N–H and O–H groups in total. The van der Waals surface area contributed by atoms with E-state index in [0.717, 1.165) is 27.8 Å². The molecule has 8 heteroatoms. The van der Waals surface area contributed by atoms with Crippen LogP contribution in [-0.4, -0.2) is 35.9 Å². The van der Waals surface area contributed by atoms with E-state index in [9.17, 15) is 9.59 Å². The maximum Gasteiger partial charge on any atom is 0.269 e. The molecule has 0 fully saturated rings. The van der Waals surface area contributed by atoms with Gasteiger partial charge in [0.05, 0.1) is 0 Å². The molecular weight excluding hydrogens is 410 g/mol. The van der Waals surface area contributed by atoms with Gasteiger partial charge in [-0.1, -0.05) is 23.9 Å². The molecule has 0 saturated heterocycles. The maximum absolute atomic E-state index is 12.3. The van der Waals surface area contributed by atoms with Gasteiger partial charge in [0.15, 0.2) is 5.16 Å². The Balaban J connectivity index is 1.52. The van der Waals surface area contributed by atoms with Crippen molar-refractivity contribution in [1.82, 2.24) is 20.8 Å². The first-order valence-electron chi connectivity index (χ1n) is 9.74. The number of anilines is 1. The number of carbonyl (C=O) groups is 2. The molecule has 0 spiro atoms. The summed E-state index contributed by atoms with van der Waals surface area (Å²) >= 11 is 1.55. The van der Waals surface area contributed by atoms with Gasteiger partial charge in [0.1, 0.15) is 0 Å². The van der Waals surface area contributed by atoms with Gasteiger partial charge in [-0.3, -0.25) is 20.4 Å². The van der Waals surface area contributed by atoms with Crippen LogP contribution in [0, 0.1) is 13.8 Å². The smallest absolute Gasteiger partial charge is 0.269 e. The zero-order valence-corrected chi connectivity index (χ0v) is 18.8. The number of nitrogens with one attached hydrogen (secondary N) is 2. The number of aryl methyl sites for hydroxylation is 2. The predicted molar refractivity (Wildman–Crippen MR) is 123 cm³/mol. The minimum Gasteiger partial charge on any atom is -0.378 e. The van der Waals surface area contributed by atoms with Crippen LogP contribution in [0.3, 0.4) is 0 Å². The largest absolute Gasteiger partial charge is 0.378 e. The van der Waals surface area contributed by atoms with Gasteiger partial charge in [-0.05, 0) is 61.9 Å². The van der Waals surface area contributed by atoms with E-state index in [2.05, 4.69) is 20.8 Å². The van der Waals surface area contributed by atoms with Crippen molar-refractivity contribution in [2.75, 3.05) is 19.0 Å². The normalized spacial score (nSPS) is 10.5. The number of aromatic nitrogens is 2. The van der Waals surface area contributed by atoms with E-state index in [4.69, 9.17) is 0 Å². The van der Waals surface area contributed by atoms with E-state index in [1.165, 1.54) is 0 Å². The lowest BCUT2D eigenvalue weighted by atomic mass is 10.1. The van der Waals surface area contributed by atoms with E-state index >= 15 is 0 Å². The molecule has 0 saturated carbocycles. The standard InChI is InChI=1S/C23H25N5O2S/c1-15-13-16(2)25-23(24-15)31-14-17-5-7-18(8-6-17)21(29)26-27-22(30)19-9-11-20(12-10-19)28(3)4/h5-13H,14H2,1-4H3,(H,26,29)(H,27,30). The lowest BCUT2D eigenvalue weighted by Crippen LogP contribution is -2.41. The molecule has 2 amide bonds. The predicted octanol–water partition coefficient (Wildman–Crippen LogP) is 3.53. The minimum absolute atomic E-state index is 0.375. The van der Waals surface area contributed by atoms with Crippen molar-refractivity contribution in [2.45, 2.75) is 24.8 Å². The summed E-state index contributed by atoms with van der Waals surface area (Å²) in [5.41, 5.74) is 9.74. The Morgan fingerprint density at radius 1 is 0.839 bits per heavy atom. The monoisotopic (exact) mass is 435 g/mol. The van der Waals surface area contributed by atoms with Crippen molar-refractivity contribution in [1.29, 1.82) is 0 Å². The highest BCUT2D eigenvalue weighted by Gasteiger charge is 2.10. The Labute approximate surface area is 186 Å². The number of hydrazine groups is 1. The second-order valence-electron chi connectivity index (χ2n) is 7.27. The molecule has 1 aromatic heterocycles. The van der Waals surface area contributed by atoms with Gasteiger partial charge < -0.3 is 4.90 Å². The fourth-order valence-electron chi connectivity index (χ4n) is 2.83. The number of amides is 2. The third-order valence-electron chi connectivity index (χ3n) is 4.48. The number of carbonyl (C=O) groups excluding carboxylic acids is 2. The molecule has 2 aromatic carbocycles. The molecule has 7 nitrogen and oxygen atoms in total. The van der Waals surface area contributed by atoms with E-state index in [0.29, 0.717) is 16.9 Å². The molecule has 0 unspecified atom stereocenters. The number of hydrogen-bond acceptors (Lipinski definition) is 6. The van der Waals surface area contributed by atoms with Gasteiger partial charge in [-0.2, -0.15) is 0 Å². The molecule has 0 aliphatic carbocycles. The SMILES string of the molecule is Cc1cc(C)nc(SCc2ccc(C(=O)NNC(=O)c3ccc(N(C)C)cc3)cc2)n1. The first kappa shape index (κ1) is 22.3. The van der Waals surface area contributed by atoms with Crippen molar-refractivity contribution in [2.24, 2.45) is 0 Å². The van der Waals surface area contributed by atoms with Gasteiger partial charge in [0, 0.05) is 48.1 Å². The van der Waals surface area contributed by atoms with Crippen molar-refractivity contribution in [3.63, 3.8) is 0 Å². The number of nitrogens with zero attached hydrogens (tertiary/aromatic N) is 3.